The lowest BCUT2D eigenvalue weighted by atomic mass is 10.4. The van der Waals surface area contributed by atoms with Crippen LogP contribution in [-0.2, 0) is 0 Å². The molecular formula is C15H29N3Si. The summed E-state index contributed by atoms with van der Waals surface area (Å²) >= 11 is 0. The molecule has 0 aliphatic rings. The summed E-state index contributed by atoms with van der Waals surface area (Å²) in [6.07, 6.45) is 3.47. The van der Waals surface area contributed by atoms with Crippen LogP contribution in [0, 0.1) is 0 Å². The maximum atomic E-state index is 3.79. The Bertz CT molecular complexity index is 308. The molecule has 1 aromatic rings. The predicted molar refractivity (Wildman–Crippen MR) is 86.7 cm³/mol. The van der Waals surface area contributed by atoms with Gasteiger partial charge >= 0.3 is 8.56 Å². The van der Waals surface area contributed by atoms with Crippen LogP contribution in [0.25, 0.3) is 0 Å². The van der Waals surface area contributed by atoms with E-state index < -0.39 is 8.56 Å². The second-order valence-corrected chi connectivity index (χ2v) is 8.03. The van der Waals surface area contributed by atoms with Gasteiger partial charge in [-0.15, -0.1) is 0 Å². The monoisotopic (exact) mass is 279 g/mol. The van der Waals surface area contributed by atoms with Crippen molar-refractivity contribution in [3.05, 3.63) is 30.3 Å². The molecule has 0 unspecified atom stereocenters. The normalized spacial score (nSPS) is 11.7. The van der Waals surface area contributed by atoms with E-state index in [1.165, 1.54) is 5.19 Å². The second-order valence-electron chi connectivity index (χ2n) is 4.90. The fraction of sp³-hybridized carbons (Fsp3) is 0.600. The quantitative estimate of drug-likeness (QED) is 0.572. The number of hydrogen-bond donors (Lipinski definition) is 3. The Morgan fingerprint density at radius 1 is 0.737 bits per heavy atom. The zero-order valence-corrected chi connectivity index (χ0v) is 13.6. The highest BCUT2D eigenvalue weighted by atomic mass is 28.4. The third kappa shape index (κ3) is 5.07. The molecule has 3 nitrogen and oxygen atoms in total. The number of hydrogen-bond acceptors (Lipinski definition) is 3. The third-order valence-corrected chi connectivity index (χ3v) is 6.67. The van der Waals surface area contributed by atoms with Gasteiger partial charge in [0.05, 0.1) is 0 Å². The van der Waals surface area contributed by atoms with Crippen LogP contribution in [0.3, 0.4) is 0 Å². The average Bonchev–Trinajstić information content (AvgIpc) is 2.48. The molecule has 3 N–H and O–H groups in total. The largest absolute Gasteiger partial charge is 0.315 e. The molecule has 0 fully saturated rings. The highest BCUT2D eigenvalue weighted by Gasteiger charge is 2.34. The van der Waals surface area contributed by atoms with E-state index in [0.29, 0.717) is 0 Å². The molecular weight excluding hydrogens is 250 g/mol. The first-order valence-corrected chi connectivity index (χ1v) is 9.59. The van der Waals surface area contributed by atoms with Crippen molar-refractivity contribution in [2.75, 3.05) is 19.6 Å². The van der Waals surface area contributed by atoms with E-state index >= 15 is 0 Å². The maximum absolute atomic E-state index is 3.79. The van der Waals surface area contributed by atoms with Gasteiger partial charge in [-0.05, 0) is 44.1 Å². The molecule has 0 aromatic heterocycles. The van der Waals surface area contributed by atoms with Crippen molar-refractivity contribution < 1.29 is 0 Å². The van der Waals surface area contributed by atoms with Crippen LogP contribution in [0.5, 0.6) is 0 Å². The van der Waals surface area contributed by atoms with E-state index in [-0.39, 0.29) is 0 Å². The summed E-state index contributed by atoms with van der Waals surface area (Å²) in [6, 6.07) is 10.8. The highest BCUT2D eigenvalue weighted by molar-refractivity contribution is 6.85. The molecule has 0 bridgehead atoms. The van der Waals surface area contributed by atoms with Crippen LogP contribution in [0.4, 0.5) is 0 Å². The minimum absolute atomic E-state index is 1.05. The Morgan fingerprint density at radius 2 is 1.16 bits per heavy atom. The molecule has 108 valence electrons. The van der Waals surface area contributed by atoms with E-state index in [4.69, 9.17) is 0 Å². The molecule has 0 radical (unpaired) electrons. The van der Waals surface area contributed by atoms with Crippen LogP contribution >= 0.6 is 0 Å². The Labute approximate surface area is 119 Å². The fourth-order valence-corrected chi connectivity index (χ4v) is 5.67. The zero-order chi connectivity index (χ0) is 14.0. The van der Waals surface area contributed by atoms with Crippen molar-refractivity contribution in [3.8, 4) is 0 Å². The minimum Gasteiger partial charge on any atom is -0.310 e. The molecule has 1 aromatic carbocycles. The van der Waals surface area contributed by atoms with E-state index in [2.05, 4.69) is 66.1 Å². The third-order valence-electron chi connectivity index (χ3n) is 3.13. The van der Waals surface area contributed by atoms with Gasteiger partial charge in [0, 0.05) is 0 Å². The molecule has 1 rings (SSSR count). The predicted octanol–water partition coefficient (Wildman–Crippen LogP) is 1.83. The molecule has 4 heteroatoms. The number of benzene rings is 1. The summed E-state index contributed by atoms with van der Waals surface area (Å²) in [7, 11) is -1.98. The van der Waals surface area contributed by atoms with Gasteiger partial charge in [0.25, 0.3) is 0 Å². The minimum atomic E-state index is -1.98. The van der Waals surface area contributed by atoms with Gasteiger partial charge in [-0.1, -0.05) is 51.1 Å². The van der Waals surface area contributed by atoms with E-state index in [0.717, 1.165) is 38.9 Å². The van der Waals surface area contributed by atoms with Gasteiger partial charge in [-0.3, -0.25) is 0 Å². The summed E-state index contributed by atoms with van der Waals surface area (Å²) < 4.78 is 0. The lowest BCUT2D eigenvalue weighted by molar-refractivity contribution is 0.716. The van der Waals surface area contributed by atoms with Gasteiger partial charge in [-0.25, -0.2) is 0 Å². The summed E-state index contributed by atoms with van der Waals surface area (Å²) in [5.41, 5.74) is 0. The Balaban J connectivity index is 2.94. The second kappa shape index (κ2) is 9.26. The Morgan fingerprint density at radius 3 is 1.53 bits per heavy atom. The maximum Gasteiger partial charge on any atom is 0.315 e. The zero-order valence-electron chi connectivity index (χ0n) is 12.6. The van der Waals surface area contributed by atoms with Gasteiger partial charge in [-0.2, -0.15) is 0 Å². The summed E-state index contributed by atoms with van der Waals surface area (Å²) in [5, 5.41) is 1.39. The van der Waals surface area contributed by atoms with Crippen LogP contribution in [0.1, 0.15) is 40.0 Å². The Kier molecular flexibility index (Phi) is 7.98. The van der Waals surface area contributed by atoms with E-state index in [9.17, 15) is 0 Å². The molecule has 0 heterocycles. The standard InChI is InChI=1S/C15H29N3Si/c1-4-12-16-19(17-13-5-2,18-14-6-3)15-10-8-7-9-11-15/h7-11,16-18H,4-6,12-14H2,1-3H3. The smallest absolute Gasteiger partial charge is 0.310 e. The summed E-state index contributed by atoms with van der Waals surface area (Å²) in [5.74, 6) is 0. The molecule has 0 aliphatic heterocycles. The fourth-order valence-electron chi connectivity index (χ4n) is 2.12. The van der Waals surface area contributed by atoms with Crippen molar-refractivity contribution in [1.29, 1.82) is 0 Å². The van der Waals surface area contributed by atoms with Crippen molar-refractivity contribution in [1.82, 2.24) is 14.9 Å². The lowest BCUT2D eigenvalue weighted by Crippen LogP contribution is -2.79. The summed E-state index contributed by atoms with van der Waals surface area (Å²) in [6.45, 7) is 9.81. The van der Waals surface area contributed by atoms with Crippen molar-refractivity contribution >= 4 is 13.7 Å². The van der Waals surface area contributed by atoms with Gasteiger partial charge in [0.1, 0.15) is 0 Å². The van der Waals surface area contributed by atoms with Crippen molar-refractivity contribution in [2.24, 2.45) is 0 Å². The van der Waals surface area contributed by atoms with Gasteiger partial charge < -0.3 is 14.9 Å². The van der Waals surface area contributed by atoms with Crippen LogP contribution in [0.15, 0.2) is 30.3 Å². The SMILES string of the molecule is CCCN[Si](NCCC)(NCCC)c1ccccc1. The van der Waals surface area contributed by atoms with E-state index in [1.807, 2.05) is 0 Å². The van der Waals surface area contributed by atoms with Gasteiger partial charge in [0.2, 0.25) is 0 Å². The number of nitrogens with one attached hydrogen (secondary N) is 3. The first-order valence-electron chi connectivity index (χ1n) is 7.59. The topological polar surface area (TPSA) is 36.1 Å². The van der Waals surface area contributed by atoms with Gasteiger partial charge in [0.15, 0.2) is 0 Å². The lowest BCUT2D eigenvalue weighted by Gasteiger charge is -2.34. The Hall–Kier alpha value is -0.683. The van der Waals surface area contributed by atoms with E-state index in [1.54, 1.807) is 0 Å². The molecule has 0 spiro atoms. The average molecular weight is 280 g/mol. The highest BCUT2D eigenvalue weighted by Crippen LogP contribution is 1.96. The molecule has 0 amide bonds. The van der Waals surface area contributed by atoms with Crippen LogP contribution in [0.2, 0.25) is 0 Å². The van der Waals surface area contributed by atoms with Crippen molar-refractivity contribution in [3.63, 3.8) is 0 Å². The first kappa shape index (κ1) is 16.4. The molecule has 0 aliphatic carbocycles. The molecule has 0 saturated heterocycles. The van der Waals surface area contributed by atoms with Crippen LogP contribution < -0.4 is 20.1 Å². The first-order chi connectivity index (χ1) is 9.29. The van der Waals surface area contributed by atoms with Crippen molar-refractivity contribution in [2.45, 2.75) is 40.0 Å². The summed E-state index contributed by atoms with van der Waals surface area (Å²) in [4.78, 5) is 11.4. The van der Waals surface area contributed by atoms with Crippen LogP contribution in [-0.4, -0.2) is 28.2 Å². The molecule has 19 heavy (non-hydrogen) atoms. The molecule has 0 atom stereocenters. The number of rotatable bonds is 10. The molecule has 0 saturated carbocycles.